The van der Waals surface area contributed by atoms with Gasteiger partial charge >= 0.3 is 6.09 Å². The highest BCUT2D eigenvalue weighted by Crippen LogP contribution is 2.41. The van der Waals surface area contributed by atoms with Crippen molar-refractivity contribution in [3.8, 4) is 0 Å². The van der Waals surface area contributed by atoms with Crippen LogP contribution in [0.15, 0.2) is 71.6 Å². The summed E-state index contributed by atoms with van der Waals surface area (Å²) < 4.78 is 12.5. The van der Waals surface area contributed by atoms with Crippen molar-refractivity contribution in [1.29, 1.82) is 0 Å². The normalized spacial score (nSPS) is 18.9. The smallest absolute Gasteiger partial charge is 0.412 e. The molecule has 0 aromatic heterocycles. The maximum Gasteiger partial charge on any atom is 0.412 e. The monoisotopic (exact) mass is 657 g/mol. The molecule has 4 nitrogen and oxygen atoms in total. The molecule has 0 radical (unpaired) electrons. The number of nitrogens with zero attached hydrogens (tertiary/aromatic N) is 1. The van der Waals surface area contributed by atoms with Crippen LogP contribution in [-0.4, -0.2) is 39.4 Å². The standard InChI is InChI=1S/C36H52BrNO3S/c1-5-6-7-8-9-10-11-12-13-14-15-19-22-33(42-31-25-23-29(2)24-26-31)34-32(27-37)38(36(3,4)41-34)35(39)40-28-30-20-17-16-18-21-30/h15-21,23-26,32-34H,5-14,22,27-28H2,1-4H3/b19-15+/t32-,33+,34+/m1/s1. The Kier molecular flexibility index (Phi) is 15.5. The molecule has 42 heavy (non-hydrogen) atoms. The van der Waals surface area contributed by atoms with Crippen molar-refractivity contribution in [2.45, 2.75) is 133 Å². The second kappa shape index (κ2) is 18.8. The van der Waals surface area contributed by atoms with Crippen LogP contribution in [-0.2, 0) is 16.1 Å². The molecule has 3 rings (SSSR count). The van der Waals surface area contributed by atoms with Crippen LogP contribution >= 0.6 is 27.7 Å². The first-order chi connectivity index (χ1) is 20.4. The van der Waals surface area contributed by atoms with Crippen LogP contribution in [0, 0.1) is 6.92 Å². The summed E-state index contributed by atoms with van der Waals surface area (Å²) >= 11 is 5.57. The number of amides is 1. The summed E-state index contributed by atoms with van der Waals surface area (Å²) in [7, 11) is 0. The first kappa shape index (κ1) is 34.7. The van der Waals surface area contributed by atoms with Crippen LogP contribution in [0.25, 0.3) is 0 Å². The van der Waals surface area contributed by atoms with Gasteiger partial charge in [-0.05, 0) is 57.7 Å². The predicted octanol–water partition coefficient (Wildman–Crippen LogP) is 10.9. The Balaban J connectivity index is 1.60. The number of allylic oxidation sites excluding steroid dienone is 2. The molecule has 0 saturated carbocycles. The van der Waals surface area contributed by atoms with Gasteiger partial charge in [0.15, 0.2) is 0 Å². The van der Waals surface area contributed by atoms with E-state index in [4.69, 9.17) is 9.47 Å². The summed E-state index contributed by atoms with van der Waals surface area (Å²) in [6.07, 6.45) is 18.3. The summed E-state index contributed by atoms with van der Waals surface area (Å²) in [4.78, 5) is 16.4. The van der Waals surface area contributed by atoms with Crippen molar-refractivity contribution in [3.63, 3.8) is 0 Å². The van der Waals surface area contributed by atoms with E-state index in [0.717, 1.165) is 18.4 Å². The Morgan fingerprint density at radius 3 is 2.26 bits per heavy atom. The second-order valence-electron chi connectivity index (χ2n) is 12.0. The van der Waals surface area contributed by atoms with Gasteiger partial charge in [0.25, 0.3) is 0 Å². The van der Waals surface area contributed by atoms with E-state index >= 15 is 0 Å². The number of unbranched alkanes of at least 4 members (excludes halogenated alkanes) is 9. The van der Waals surface area contributed by atoms with Crippen LogP contribution < -0.4 is 0 Å². The van der Waals surface area contributed by atoms with Crippen molar-refractivity contribution in [1.82, 2.24) is 4.90 Å². The lowest BCUT2D eigenvalue weighted by molar-refractivity contribution is -0.0705. The molecule has 1 fully saturated rings. The molecule has 2 aromatic rings. The van der Waals surface area contributed by atoms with Gasteiger partial charge in [0.1, 0.15) is 12.3 Å². The van der Waals surface area contributed by atoms with E-state index in [0.29, 0.717) is 5.33 Å². The average Bonchev–Trinajstić information content (AvgIpc) is 3.27. The topological polar surface area (TPSA) is 38.8 Å². The maximum absolute atomic E-state index is 13.4. The molecule has 1 aliphatic heterocycles. The minimum atomic E-state index is -0.775. The fourth-order valence-electron chi connectivity index (χ4n) is 5.60. The van der Waals surface area contributed by atoms with Crippen molar-refractivity contribution in [3.05, 3.63) is 77.9 Å². The van der Waals surface area contributed by atoms with E-state index in [1.54, 1.807) is 4.90 Å². The van der Waals surface area contributed by atoms with Crippen molar-refractivity contribution in [2.24, 2.45) is 0 Å². The number of rotatable bonds is 18. The third-order valence-corrected chi connectivity index (χ3v) is 9.93. The highest BCUT2D eigenvalue weighted by atomic mass is 79.9. The Bertz CT molecular complexity index is 1060. The fraction of sp³-hybridized carbons (Fsp3) is 0.583. The maximum atomic E-state index is 13.4. The van der Waals surface area contributed by atoms with Crippen LogP contribution in [0.2, 0.25) is 0 Å². The molecule has 0 aliphatic carbocycles. The largest absolute Gasteiger partial charge is 0.444 e. The Morgan fingerprint density at radius 1 is 0.976 bits per heavy atom. The summed E-state index contributed by atoms with van der Waals surface area (Å²) in [5.41, 5.74) is 1.45. The second-order valence-corrected chi connectivity index (χ2v) is 13.9. The van der Waals surface area contributed by atoms with Gasteiger partial charge in [0.2, 0.25) is 0 Å². The number of hydrogen-bond donors (Lipinski definition) is 0. The minimum absolute atomic E-state index is 0.142. The van der Waals surface area contributed by atoms with Gasteiger partial charge in [-0.15, -0.1) is 11.8 Å². The molecule has 3 atom stereocenters. The van der Waals surface area contributed by atoms with Crippen LogP contribution in [0.1, 0.15) is 103 Å². The first-order valence-corrected chi connectivity index (χ1v) is 18.0. The number of thioether (sulfide) groups is 1. The number of halogens is 1. The molecular weight excluding hydrogens is 606 g/mol. The molecule has 1 amide bonds. The van der Waals surface area contributed by atoms with Crippen LogP contribution in [0.4, 0.5) is 4.79 Å². The summed E-state index contributed by atoms with van der Waals surface area (Å²) in [5, 5.41) is 0.773. The number of carbonyl (C=O) groups excluding carboxylic acids is 1. The third kappa shape index (κ3) is 11.4. The zero-order valence-electron chi connectivity index (χ0n) is 26.2. The van der Waals surface area contributed by atoms with Crippen molar-refractivity contribution < 1.29 is 14.3 Å². The third-order valence-electron chi connectivity index (χ3n) is 7.96. The molecule has 232 valence electrons. The molecular formula is C36H52BrNO3S. The van der Waals surface area contributed by atoms with E-state index in [9.17, 15) is 4.79 Å². The Labute approximate surface area is 268 Å². The van der Waals surface area contributed by atoms with Gasteiger partial charge in [-0.2, -0.15) is 0 Å². The zero-order valence-corrected chi connectivity index (χ0v) is 28.6. The van der Waals surface area contributed by atoms with E-state index in [2.05, 4.69) is 66.2 Å². The van der Waals surface area contributed by atoms with Crippen molar-refractivity contribution >= 4 is 33.8 Å². The van der Waals surface area contributed by atoms with E-state index in [-0.39, 0.29) is 30.1 Å². The lowest BCUT2D eigenvalue weighted by Crippen LogP contribution is -2.50. The van der Waals surface area contributed by atoms with Gasteiger partial charge in [-0.1, -0.05) is 134 Å². The van der Waals surface area contributed by atoms with Crippen LogP contribution in [0.3, 0.4) is 0 Å². The molecule has 0 N–H and O–H groups in total. The molecule has 0 spiro atoms. The SMILES string of the molecule is CCCCCCCCCCC/C=C/C[C@H](Sc1ccc(C)cc1)[C@H]1OC(C)(C)N(C(=O)OCc2ccccc2)[C@@H]1CBr. The number of ether oxygens (including phenoxy) is 2. The van der Waals surface area contributed by atoms with Crippen LogP contribution in [0.5, 0.6) is 0 Å². The minimum Gasteiger partial charge on any atom is -0.444 e. The predicted molar refractivity (Wildman–Crippen MR) is 181 cm³/mol. The van der Waals surface area contributed by atoms with E-state index in [1.165, 1.54) is 68.2 Å². The zero-order chi connectivity index (χ0) is 30.2. The molecule has 0 unspecified atom stereocenters. The molecule has 1 heterocycles. The number of benzene rings is 2. The van der Waals surface area contributed by atoms with E-state index in [1.807, 2.05) is 55.9 Å². The summed E-state index contributed by atoms with van der Waals surface area (Å²) in [6.45, 7) is 8.58. The highest BCUT2D eigenvalue weighted by molar-refractivity contribution is 9.09. The molecule has 0 bridgehead atoms. The van der Waals surface area contributed by atoms with Gasteiger partial charge in [-0.25, -0.2) is 4.79 Å². The molecule has 1 aliphatic rings. The number of carbonyl (C=O) groups is 1. The summed E-state index contributed by atoms with van der Waals surface area (Å²) in [5.74, 6) is 0. The quantitative estimate of drug-likeness (QED) is 0.0692. The van der Waals surface area contributed by atoms with Gasteiger partial charge < -0.3 is 9.47 Å². The Morgan fingerprint density at radius 2 is 1.62 bits per heavy atom. The number of alkyl halides is 1. The lowest BCUT2D eigenvalue weighted by Gasteiger charge is -2.32. The summed E-state index contributed by atoms with van der Waals surface area (Å²) in [6, 6.07) is 18.4. The molecule has 6 heteroatoms. The Hall–Kier alpha value is -1.76. The fourth-order valence-corrected chi connectivity index (χ4v) is 7.48. The number of aryl methyl sites for hydroxylation is 1. The molecule has 2 aromatic carbocycles. The van der Waals surface area contributed by atoms with Gasteiger partial charge in [-0.3, -0.25) is 4.90 Å². The molecule has 1 saturated heterocycles. The lowest BCUT2D eigenvalue weighted by atomic mass is 10.0. The average molecular weight is 659 g/mol. The van der Waals surface area contributed by atoms with Gasteiger partial charge in [0.05, 0.1) is 12.1 Å². The van der Waals surface area contributed by atoms with Crippen molar-refractivity contribution in [2.75, 3.05) is 5.33 Å². The van der Waals surface area contributed by atoms with Gasteiger partial charge in [0, 0.05) is 15.5 Å². The first-order valence-electron chi connectivity index (χ1n) is 16.0. The number of hydrogen-bond acceptors (Lipinski definition) is 4. The van der Waals surface area contributed by atoms with E-state index < -0.39 is 5.72 Å². The highest BCUT2D eigenvalue weighted by Gasteiger charge is 2.52.